The molecule has 0 spiro atoms. The smallest absolute Gasteiger partial charge is 0.244 e. The van der Waals surface area contributed by atoms with E-state index in [9.17, 15) is 9.59 Å². The molecule has 24 heavy (non-hydrogen) atoms. The Kier molecular flexibility index (Phi) is 6.06. The van der Waals surface area contributed by atoms with Crippen LogP contribution in [0.3, 0.4) is 0 Å². The summed E-state index contributed by atoms with van der Waals surface area (Å²) < 4.78 is 5.25. The standard InChI is InChI=1S/C17H16Cl2N2O3/c1-11(22)21(14-8-3-4-9-15(14)24-2)10-16(23)20-17-12(18)6-5-7-13(17)19/h3-9H,10H2,1-2H3,(H,20,23). The zero-order chi connectivity index (χ0) is 17.7. The maximum absolute atomic E-state index is 12.3. The number of para-hydroxylation sites is 3. The van der Waals surface area contributed by atoms with Gasteiger partial charge in [0.1, 0.15) is 12.3 Å². The maximum Gasteiger partial charge on any atom is 0.244 e. The van der Waals surface area contributed by atoms with Crippen molar-refractivity contribution >= 4 is 46.4 Å². The lowest BCUT2D eigenvalue weighted by atomic mass is 10.2. The number of carbonyl (C=O) groups excluding carboxylic acids is 2. The van der Waals surface area contributed by atoms with Crippen LogP contribution in [0.25, 0.3) is 0 Å². The number of hydrogen-bond acceptors (Lipinski definition) is 3. The zero-order valence-electron chi connectivity index (χ0n) is 13.2. The first-order chi connectivity index (χ1) is 11.4. The molecule has 0 aliphatic rings. The molecule has 2 aromatic rings. The zero-order valence-corrected chi connectivity index (χ0v) is 14.7. The Labute approximate surface area is 150 Å². The van der Waals surface area contributed by atoms with E-state index >= 15 is 0 Å². The molecule has 2 aromatic carbocycles. The van der Waals surface area contributed by atoms with Gasteiger partial charge in [-0.2, -0.15) is 0 Å². The molecular weight excluding hydrogens is 351 g/mol. The topological polar surface area (TPSA) is 58.6 Å². The lowest BCUT2D eigenvalue weighted by molar-refractivity contribution is -0.120. The van der Waals surface area contributed by atoms with Crippen LogP contribution in [-0.4, -0.2) is 25.5 Å². The Bertz CT molecular complexity index is 745. The van der Waals surface area contributed by atoms with Gasteiger partial charge in [-0.3, -0.25) is 14.5 Å². The van der Waals surface area contributed by atoms with Gasteiger partial charge < -0.3 is 10.1 Å². The summed E-state index contributed by atoms with van der Waals surface area (Å²) in [5.41, 5.74) is 0.822. The van der Waals surface area contributed by atoms with Gasteiger partial charge in [0.2, 0.25) is 11.8 Å². The van der Waals surface area contributed by atoms with Gasteiger partial charge in [-0.1, -0.05) is 41.4 Å². The van der Waals surface area contributed by atoms with Gasteiger partial charge in [0.15, 0.2) is 0 Å². The van der Waals surface area contributed by atoms with Gasteiger partial charge in [0.05, 0.1) is 28.5 Å². The highest BCUT2D eigenvalue weighted by molar-refractivity contribution is 6.39. The molecule has 0 aliphatic heterocycles. The Morgan fingerprint density at radius 1 is 1.08 bits per heavy atom. The van der Waals surface area contributed by atoms with Gasteiger partial charge in [-0.25, -0.2) is 0 Å². The number of carbonyl (C=O) groups is 2. The van der Waals surface area contributed by atoms with Gasteiger partial charge in [-0.05, 0) is 24.3 Å². The average Bonchev–Trinajstić information content (AvgIpc) is 2.56. The molecule has 0 unspecified atom stereocenters. The number of anilines is 2. The monoisotopic (exact) mass is 366 g/mol. The predicted octanol–water partition coefficient (Wildman–Crippen LogP) is 3.99. The summed E-state index contributed by atoms with van der Waals surface area (Å²) in [4.78, 5) is 25.6. The van der Waals surface area contributed by atoms with Crippen LogP contribution in [0, 0.1) is 0 Å². The molecule has 0 atom stereocenters. The van der Waals surface area contributed by atoms with E-state index in [1.807, 2.05) is 0 Å². The molecule has 7 heteroatoms. The summed E-state index contributed by atoms with van der Waals surface area (Å²) in [6.45, 7) is 1.18. The minimum atomic E-state index is -0.425. The van der Waals surface area contributed by atoms with Gasteiger partial charge >= 0.3 is 0 Å². The second kappa shape index (κ2) is 8.04. The van der Waals surface area contributed by atoms with Crippen molar-refractivity contribution in [3.05, 3.63) is 52.5 Å². The fourth-order valence-corrected chi connectivity index (χ4v) is 2.65. The number of halogens is 2. The highest BCUT2D eigenvalue weighted by Gasteiger charge is 2.20. The van der Waals surface area contributed by atoms with Crippen LogP contribution in [0.5, 0.6) is 5.75 Å². The lowest BCUT2D eigenvalue weighted by Crippen LogP contribution is -2.37. The number of ether oxygens (including phenoxy) is 1. The second-order valence-corrected chi connectivity index (χ2v) is 5.74. The Hall–Kier alpha value is -2.24. The normalized spacial score (nSPS) is 10.2. The largest absolute Gasteiger partial charge is 0.495 e. The molecule has 0 radical (unpaired) electrons. The molecule has 0 saturated heterocycles. The highest BCUT2D eigenvalue weighted by atomic mass is 35.5. The van der Waals surface area contributed by atoms with Crippen molar-refractivity contribution in [3.8, 4) is 5.75 Å². The molecule has 0 aromatic heterocycles. The number of hydrogen-bond donors (Lipinski definition) is 1. The van der Waals surface area contributed by atoms with Crippen molar-refractivity contribution in [2.45, 2.75) is 6.92 Å². The first-order valence-electron chi connectivity index (χ1n) is 7.09. The van der Waals surface area contributed by atoms with E-state index in [0.29, 0.717) is 27.2 Å². The van der Waals surface area contributed by atoms with Gasteiger partial charge in [-0.15, -0.1) is 0 Å². The fraction of sp³-hybridized carbons (Fsp3) is 0.176. The second-order valence-electron chi connectivity index (χ2n) is 4.92. The third-order valence-corrected chi connectivity index (χ3v) is 3.91. The van der Waals surface area contributed by atoms with Crippen LogP contribution < -0.4 is 15.0 Å². The molecule has 5 nitrogen and oxygen atoms in total. The summed E-state index contributed by atoms with van der Waals surface area (Å²) in [5, 5.41) is 3.28. The lowest BCUT2D eigenvalue weighted by Gasteiger charge is -2.23. The highest BCUT2D eigenvalue weighted by Crippen LogP contribution is 2.30. The first kappa shape index (κ1) is 18.1. The molecule has 126 valence electrons. The number of nitrogens with one attached hydrogen (secondary N) is 1. The van der Waals surface area contributed by atoms with Crippen molar-refractivity contribution in [1.29, 1.82) is 0 Å². The van der Waals surface area contributed by atoms with E-state index < -0.39 is 5.91 Å². The van der Waals surface area contributed by atoms with Crippen LogP contribution in [-0.2, 0) is 9.59 Å². The number of benzene rings is 2. The fourth-order valence-electron chi connectivity index (χ4n) is 2.16. The van der Waals surface area contributed by atoms with E-state index in [4.69, 9.17) is 27.9 Å². The molecule has 0 saturated carbocycles. The number of methoxy groups -OCH3 is 1. The number of nitrogens with zero attached hydrogens (tertiary/aromatic N) is 1. The average molecular weight is 367 g/mol. The molecule has 0 aliphatic carbocycles. The summed E-state index contributed by atoms with van der Waals surface area (Å²) in [6, 6.07) is 11.9. The molecule has 2 rings (SSSR count). The minimum absolute atomic E-state index is 0.197. The summed E-state index contributed by atoms with van der Waals surface area (Å²) in [6.07, 6.45) is 0. The SMILES string of the molecule is COc1ccccc1N(CC(=O)Nc1c(Cl)cccc1Cl)C(C)=O. The number of rotatable bonds is 5. The van der Waals surface area contributed by atoms with E-state index in [2.05, 4.69) is 5.32 Å². The molecule has 2 amide bonds. The maximum atomic E-state index is 12.3. The van der Waals surface area contributed by atoms with Crippen LogP contribution in [0.2, 0.25) is 10.0 Å². The molecular formula is C17H16Cl2N2O3. The van der Waals surface area contributed by atoms with Crippen molar-refractivity contribution in [2.24, 2.45) is 0 Å². The minimum Gasteiger partial charge on any atom is -0.495 e. The van der Waals surface area contributed by atoms with Crippen LogP contribution >= 0.6 is 23.2 Å². The van der Waals surface area contributed by atoms with E-state index in [0.717, 1.165) is 0 Å². The van der Waals surface area contributed by atoms with E-state index in [-0.39, 0.29) is 12.5 Å². The van der Waals surface area contributed by atoms with Crippen molar-refractivity contribution < 1.29 is 14.3 Å². The summed E-state index contributed by atoms with van der Waals surface area (Å²) in [7, 11) is 1.50. The summed E-state index contributed by atoms with van der Waals surface area (Å²) >= 11 is 12.1. The van der Waals surface area contributed by atoms with Crippen molar-refractivity contribution in [3.63, 3.8) is 0 Å². The van der Waals surface area contributed by atoms with Gasteiger partial charge in [0.25, 0.3) is 0 Å². The van der Waals surface area contributed by atoms with Gasteiger partial charge in [0, 0.05) is 6.92 Å². The Balaban J connectivity index is 2.22. The van der Waals surface area contributed by atoms with E-state index in [1.165, 1.54) is 18.9 Å². The Morgan fingerprint density at radius 2 is 1.71 bits per heavy atom. The number of amides is 2. The van der Waals surface area contributed by atoms with Crippen LogP contribution in [0.4, 0.5) is 11.4 Å². The summed E-state index contributed by atoms with van der Waals surface area (Å²) in [5.74, 6) is -0.220. The van der Waals surface area contributed by atoms with Crippen LogP contribution in [0.1, 0.15) is 6.92 Å². The predicted molar refractivity (Wildman–Crippen MR) is 96.1 cm³/mol. The quantitative estimate of drug-likeness (QED) is 0.869. The third kappa shape index (κ3) is 4.19. The van der Waals surface area contributed by atoms with Crippen LogP contribution in [0.15, 0.2) is 42.5 Å². The van der Waals surface area contributed by atoms with E-state index in [1.54, 1.807) is 42.5 Å². The molecule has 0 bridgehead atoms. The molecule has 0 heterocycles. The third-order valence-electron chi connectivity index (χ3n) is 3.28. The first-order valence-corrected chi connectivity index (χ1v) is 7.84. The van der Waals surface area contributed by atoms with Crippen molar-refractivity contribution in [2.75, 3.05) is 23.9 Å². The molecule has 1 N–H and O–H groups in total. The van der Waals surface area contributed by atoms with Crippen molar-refractivity contribution in [1.82, 2.24) is 0 Å². The molecule has 0 fully saturated rings. The Morgan fingerprint density at radius 3 is 2.29 bits per heavy atom.